The maximum absolute atomic E-state index is 14.7. The molecule has 2 aliphatic heterocycles. The van der Waals surface area contributed by atoms with E-state index in [9.17, 15) is 4.79 Å². The lowest BCUT2D eigenvalue weighted by Crippen LogP contribution is -2.46. The van der Waals surface area contributed by atoms with Crippen LogP contribution in [0.2, 0.25) is 0 Å². The zero-order valence-electron chi connectivity index (χ0n) is 32.9. The fourth-order valence-electron chi connectivity index (χ4n) is 7.48. The molecule has 0 fully saturated rings. The monoisotopic (exact) mass is 757 g/mol. The van der Waals surface area contributed by atoms with Gasteiger partial charge in [0.15, 0.2) is 23.0 Å². The normalized spacial score (nSPS) is 18.1. The smallest absolute Gasteiger partial charge is 0.231 e. The van der Waals surface area contributed by atoms with Gasteiger partial charge in [-0.25, -0.2) is 9.98 Å². The molecule has 1 N–H and O–H groups in total. The third-order valence-corrected chi connectivity index (χ3v) is 10.3. The first-order valence-corrected chi connectivity index (χ1v) is 18.7. The number of likely N-dealkylation sites (N-methyl/N-ethyl adjacent to an activating group) is 1. The second kappa shape index (κ2) is 17.9. The Labute approximate surface area is 323 Å². The number of hydrogen-bond acceptors (Lipinski definition) is 12. The SMILES string of the molecule is CCN=C=NCCC[N+](C)(C)CCOCCNC(=O)[C@@H]1[C@H](c2cc(OC)c(OC)c(OC)c2)c2cc3c(cc2C2=NN(c4ccc(OC)cc4)C[C@H]21)OCO3. The number of carbonyl (C=O) groups excluding carboxylic acids is 1. The highest BCUT2D eigenvalue weighted by Crippen LogP contribution is 2.52. The minimum Gasteiger partial charge on any atom is -0.497 e. The van der Waals surface area contributed by atoms with E-state index in [0.717, 1.165) is 57.8 Å². The number of amides is 1. The number of methoxy groups -OCH3 is 4. The Kier molecular flexibility index (Phi) is 12.8. The van der Waals surface area contributed by atoms with Crippen LogP contribution in [0.5, 0.6) is 34.5 Å². The Morgan fingerprint density at radius 2 is 1.67 bits per heavy atom. The van der Waals surface area contributed by atoms with Crippen LogP contribution in [0.3, 0.4) is 0 Å². The summed E-state index contributed by atoms with van der Waals surface area (Å²) in [6, 6.07) is 18.3. The van der Waals surface area contributed by atoms with Gasteiger partial charge < -0.3 is 43.0 Å². The van der Waals surface area contributed by atoms with Crippen LogP contribution in [-0.2, 0) is 9.53 Å². The Morgan fingerprint density at radius 3 is 2.35 bits per heavy atom. The van der Waals surface area contributed by atoms with E-state index >= 15 is 0 Å². The van der Waals surface area contributed by atoms with Crippen LogP contribution >= 0.6 is 0 Å². The lowest BCUT2D eigenvalue weighted by atomic mass is 9.65. The van der Waals surface area contributed by atoms with Gasteiger partial charge in [0.2, 0.25) is 18.4 Å². The molecule has 55 heavy (non-hydrogen) atoms. The van der Waals surface area contributed by atoms with E-state index in [1.807, 2.05) is 60.5 Å². The highest BCUT2D eigenvalue weighted by atomic mass is 16.7. The Hall–Kier alpha value is -5.30. The van der Waals surface area contributed by atoms with Crippen LogP contribution in [0.25, 0.3) is 0 Å². The minimum absolute atomic E-state index is 0.108. The lowest BCUT2D eigenvalue weighted by Gasteiger charge is -2.38. The lowest BCUT2D eigenvalue weighted by molar-refractivity contribution is -0.890. The summed E-state index contributed by atoms with van der Waals surface area (Å²) in [5.41, 5.74) is 4.33. The first-order valence-electron chi connectivity index (χ1n) is 18.7. The van der Waals surface area contributed by atoms with E-state index in [1.54, 1.807) is 28.4 Å². The van der Waals surface area contributed by atoms with Gasteiger partial charge in [0, 0.05) is 36.9 Å². The number of ether oxygens (including phenoxy) is 7. The molecule has 0 unspecified atom stereocenters. The van der Waals surface area contributed by atoms with Crippen molar-refractivity contribution in [2.45, 2.75) is 19.3 Å². The number of benzene rings is 3. The number of nitrogens with zero attached hydrogens (tertiary/aromatic N) is 5. The first-order chi connectivity index (χ1) is 26.7. The summed E-state index contributed by atoms with van der Waals surface area (Å²) < 4.78 is 41.2. The molecule has 0 aromatic heterocycles. The molecule has 0 radical (unpaired) electrons. The summed E-state index contributed by atoms with van der Waals surface area (Å²) in [4.78, 5) is 22.9. The third-order valence-electron chi connectivity index (χ3n) is 10.3. The zero-order valence-corrected chi connectivity index (χ0v) is 32.9. The van der Waals surface area contributed by atoms with E-state index in [2.05, 4.69) is 35.4 Å². The van der Waals surface area contributed by atoms with Crippen molar-refractivity contribution in [3.8, 4) is 34.5 Å². The van der Waals surface area contributed by atoms with Crippen LogP contribution in [-0.4, -0.2) is 124 Å². The summed E-state index contributed by atoms with van der Waals surface area (Å²) in [5, 5.41) is 10.3. The first kappa shape index (κ1) is 39.4. The van der Waals surface area contributed by atoms with Gasteiger partial charge in [-0.05, 0) is 66.6 Å². The number of hydrogen-bond donors (Lipinski definition) is 1. The van der Waals surface area contributed by atoms with Gasteiger partial charge in [-0.3, -0.25) is 9.80 Å². The maximum Gasteiger partial charge on any atom is 0.231 e. The average Bonchev–Trinajstić information content (AvgIpc) is 3.86. The van der Waals surface area contributed by atoms with Crippen molar-refractivity contribution in [1.82, 2.24) is 5.32 Å². The number of hydrazone groups is 1. The van der Waals surface area contributed by atoms with Crippen LogP contribution in [0, 0.1) is 11.8 Å². The average molecular weight is 758 g/mol. The highest BCUT2D eigenvalue weighted by molar-refractivity contribution is 6.10. The molecular weight excluding hydrogens is 704 g/mol. The standard InChI is InChI=1S/C41H52N6O8/c1-8-42-25-43-14-9-16-47(2,3)17-19-53-18-15-44-41(48)38-32-24-46(28-10-12-29(49-4)13-11-28)45-39(32)31-23-34-33(54-26-55-34)22-30(31)37(38)27-20-35(50-5)40(52-7)36(21-27)51-6/h10-13,20-23,32,37-38H,8-9,14-19,24,26H2,1-7H3/p+1/t32-,37+,38-/m0/s1. The summed E-state index contributed by atoms with van der Waals surface area (Å²) >= 11 is 0. The Bertz CT molecular complexity index is 1880. The zero-order chi connectivity index (χ0) is 39.0. The summed E-state index contributed by atoms with van der Waals surface area (Å²) in [5.74, 6) is 2.08. The van der Waals surface area contributed by atoms with Crippen LogP contribution < -0.4 is 38.7 Å². The van der Waals surface area contributed by atoms with E-state index in [0.29, 0.717) is 68.1 Å². The van der Waals surface area contributed by atoms with E-state index in [1.165, 1.54) is 0 Å². The second-order valence-electron chi connectivity index (χ2n) is 14.2. The van der Waals surface area contributed by atoms with Crippen LogP contribution in [0.1, 0.15) is 36.0 Å². The van der Waals surface area contributed by atoms with Crippen molar-refractivity contribution < 1.29 is 42.4 Å². The van der Waals surface area contributed by atoms with Crippen molar-refractivity contribution in [2.24, 2.45) is 26.9 Å². The van der Waals surface area contributed by atoms with Gasteiger partial charge in [0.1, 0.15) is 12.3 Å². The Morgan fingerprint density at radius 1 is 0.945 bits per heavy atom. The summed E-state index contributed by atoms with van der Waals surface area (Å²) in [6.45, 7) is 7.05. The molecular formula is C41H53N6O8+. The molecule has 3 aliphatic rings. The number of aliphatic imine (C=N–C) groups is 2. The van der Waals surface area contributed by atoms with Crippen molar-refractivity contribution in [3.05, 3.63) is 65.2 Å². The quantitative estimate of drug-likeness (QED) is 0.110. The fourth-order valence-corrected chi connectivity index (χ4v) is 7.48. The molecule has 0 spiro atoms. The second-order valence-corrected chi connectivity index (χ2v) is 14.2. The molecule has 3 aromatic carbocycles. The number of nitrogens with one attached hydrogen (secondary N) is 1. The number of rotatable bonds is 18. The van der Waals surface area contributed by atoms with Gasteiger partial charge in [0.25, 0.3) is 0 Å². The van der Waals surface area contributed by atoms with E-state index < -0.39 is 11.8 Å². The number of carbonyl (C=O) groups is 1. The highest BCUT2D eigenvalue weighted by Gasteiger charge is 2.49. The molecule has 0 saturated heterocycles. The largest absolute Gasteiger partial charge is 0.497 e. The molecule has 6 rings (SSSR count). The van der Waals surface area contributed by atoms with E-state index in [4.69, 9.17) is 38.3 Å². The van der Waals surface area contributed by atoms with Crippen molar-refractivity contribution >= 4 is 23.3 Å². The molecule has 0 saturated carbocycles. The maximum atomic E-state index is 14.7. The molecule has 1 amide bonds. The van der Waals surface area contributed by atoms with Crippen LogP contribution in [0.4, 0.5) is 5.69 Å². The molecule has 14 heteroatoms. The predicted molar refractivity (Wildman–Crippen MR) is 210 cm³/mol. The van der Waals surface area contributed by atoms with Gasteiger partial charge in [0.05, 0.1) is 98.7 Å². The molecule has 294 valence electrons. The van der Waals surface area contributed by atoms with Crippen LogP contribution in [0.15, 0.2) is 63.6 Å². The molecule has 3 aromatic rings. The van der Waals surface area contributed by atoms with E-state index in [-0.39, 0.29) is 18.6 Å². The number of quaternary nitrogens is 1. The van der Waals surface area contributed by atoms with Gasteiger partial charge in [-0.15, -0.1) is 0 Å². The van der Waals surface area contributed by atoms with Gasteiger partial charge in [-0.1, -0.05) is 0 Å². The van der Waals surface area contributed by atoms with Gasteiger partial charge in [-0.2, -0.15) is 5.10 Å². The number of fused-ring (bicyclic) bond motifs is 4. The minimum atomic E-state index is -0.571. The van der Waals surface area contributed by atoms with Crippen molar-refractivity contribution in [2.75, 3.05) is 107 Å². The molecule has 0 bridgehead atoms. The summed E-state index contributed by atoms with van der Waals surface area (Å²) in [7, 11) is 10.8. The number of anilines is 1. The molecule has 1 aliphatic carbocycles. The summed E-state index contributed by atoms with van der Waals surface area (Å²) in [6.07, 6.45) is 0.942. The van der Waals surface area contributed by atoms with Crippen molar-refractivity contribution in [1.29, 1.82) is 0 Å². The molecule has 3 atom stereocenters. The molecule has 2 heterocycles. The fraction of sp³-hybridized carbons (Fsp3) is 0.488. The Balaban J connectivity index is 1.27. The third kappa shape index (κ3) is 8.83. The van der Waals surface area contributed by atoms with Crippen molar-refractivity contribution in [3.63, 3.8) is 0 Å². The topological polar surface area (TPSA) is 134 Å². The molecule has 14 nitrogen and oxygen atoms in total. The van der Waals surface area contributed by atoms with Gasteiger partial charge >= 0.3 is 0 Å². The predicted octanol–water partition coefficient (Wildman–Crippen LogP) is 4.85.